The van der Waals surface area contributed by atoms with Crippen molar-refractivity contribution in [2.45, 2.75) is 13.0 Å². The van der Waals surface area contributed by atoms with Crippen LogP contribution in [0.1, 0.15) is 11.1 Å². The van der Waals surface area contributed by atoms with Crippen LogP contribution < -0.4 is 15.0 Å². The lowest BCUT2D eigenvalue weighted by Crippen LogP contribution is -2.37. The number of carbonyl (C=O) groups is 1. The first-order chi connectivity index (χ1) is 18.0. The highest BCUT2D eigenvalue weighted by Gasteiger charge is 2.19. The number of methoxy groups -OCH3 is 1. The molecule has 1 aliphatic rings. The van der Waals surface area contributed by atoms with E-state index in [4.69, 9.17) is 19.6 Å². The highest BCUT2D eigenvalue weighted by Crippen LogP contribution is 2.27. The number of aromatic nitrogens is 3. The maximum atomic E-state index is 12.5. The first-order valence-corrected chi connectivity index (χ1v) is 12.4. The van der Waals surface area contributed by atoms with Crippen LogP contribution in [0.4, 0.5) is 11.5 Å². The lowest BCUT2D eigenvalue weighted by Gasteiger charge is -2.28. The van der Waals surface area contributed by atoms with Crippen molar-refractivity contribution in [2.75, 3.05) is 57.7 Å². The maximum absolute atomic E-state index is 12.5. The highest BCUT2D eigenvalue weighted by molar-refractivity contribution is 5.92. The fraction of sp³-hybridized carbons (Fsp3) is 0.321. The Morgan fingerprint density at radius 1 is 1.05 bits per heavy atom. The fourth-order valence-corrected chi connectivity index (χ4v) is 4.46. The van der Waals surface area contributed by atoms with Crippen molar-refractivity contribution in [3.05, 3.63) is 71.9 Å². The van der Waals surface area contributed by atoms with Crippen molar-refractivity contribution < 1.29 is 14.3 Å². The second-order valence-electron chi connectivity index (χ2n) is 9.42. The van der Waals surface area contributed by atoms with Crippen LogP contribution in [-0.4, -0.2) is 72.9 Å². The van der Waals surface area contributed by atoms with Gasteiger partial charge in [0.05, 0.1) is 26.7 Å². The van der Waals surface area contributed by atoms with Crippen molar-refractivity contribution in [3.8, 4) is 17.1 Å². The first kappa shape index (κ1) is 24.7. The van der Waals surface area contributed by atoms with E-state index in [0.717, 1.165) is 53.5 Å². The van der Waals surface area contributed by atoms with Crippen LogP contribution in [0.15, 0.2) is 60.8 Å². The molecule has 0 aliphatic carbocycles. The van der Waals surface area contributed by atoms with E-state index in [-0.39, 0.29) is 12.3 Å². The van der Waals surface area contributed by atoms with Gasteiger partial charge in [0, 0.05) is 37.1 Å². The third-order valence-corrected chi connectivity index (χ3v) is 6.26. The Kier molecular flexibility index (Phi) is 7.34. The normalized spacial score (nSPS) is 13.8. The largest absolute Gasteiger partial charge is 0.497 e. The number of anilines is 2. The molecule has 9 heteroatoms. The molecular weight excluding hydrogens is 468 g/mol. The number of hydrogen-bond donors (Lipinski definition) is 1. The molecule has 4 aromatic rings. The van der Waals surface area contributed by atoms with Gasteiger partial charge < -0.3 is 24.6 Å². The zero-order chi connectivity index (χ0) is 25.8. The number of fused-ring (bicyclic) bond motifs is 1. The number of hydrogen-bond acceptors (Lipinski definition) is 7. The van der Waals surface area contributed by atoms with E-state index in [0.29, 0.717) is 19.0 Å². The summed E-state index contributed by atoms with van der Waals surface area (Å²) in [6.07, 6.45) is 2.36. The lowest BCUT2D eigenvalue weighted by molar-refractivity contribution is -0.115. The van der Waals surface area contributed by atoms with E-state index < -0.39 is 0 Å². The second kappa shape index (κ2) is 11.0. The van der Waals surface area contributed by atoms with Gasteiger partial charge in [0.15, 0.2) is 11.6 Å². The van der Waals surface area contributed by atoms with Crippen molar-refractivity contribution in [3.63, 3.8) is 0 Å². The molecule has 3 heterocycles. The Morgan fingerprint density at radius 3 is 2.46 bits per heavy atom. The molecule has 37 heavy (non-hydrogen) atoms. The summed E-state index contributed by atoms with van der Waals surface area (Å²) >= 11 is 0. The number of rotatable bonds is 8. The minimum atomic E-state index is -0.0778. The Labute approximate surface area is 216 Å². The zero-order valence-electron chi connectivity index (χ0n) is 21.5. The van der Waals surface area contributed by atoms with Crippen LogP contribution in [0.2, 0.25) is 0 Å². The van der Waals surface area contributed by atoms with Crippen LogP contribution in [0.3, 0.4) is 0 Å². The Bertz CT molecular complexity index is 1360. The van der Waals surface area contributed by atoms with Crippen molar-refractivity contribution in [1.29, 1.82) is 0 Å². The molecule has 1 fully saturated rings. The summed E-state index contributed by atoms with van der Waals surface area (Å²) in [6, 6.07) is 17.3. The lowest BCUT2D eigenvalue weighted by atomic mass is 10.1. The molecule has 0 spiro atoms. The van der Waals surface area contributed by atoms with E-state index >= 15 is 0 Å². The average Bonchev–Trinajstić information content (AvgIpc) is 3.31. The summed E-state index contributed by atoms with van der Waals surface area (Å²) in [5.74, 6) is 2.24. The van der Waals surface area contributed by atoms with Crippen molar-refractivity contribution >= 4 is 22.9 Å². The van der Waals surface area contributed by atoms with Crippen LogP contribution in [0.5, 0.6) is 5.75 Å². The van der Waals surface area contributed by atoms with Gasteiger partial charge >= 0.3 is 0 Å². The molecule has 0 radical (unpaired) electrons. The van der Waals surface area contributed by atoms with Gasteiger partial charge in [0.1, 0.15) is 11.3 Å². The molecular formula is C28H32N6O3. The van der Waals surface area contributed by atoms with E-state index in [1.807, 2.05) is 53.0 Å². The molecule has 1 saturated heterocycles. The number of carbonyl (C=O) groups excluding carboxylic acids is 1. The smallest absolute Gasteiger partial charge is 0.228 e. The number of ether oxygens (including phenoxy) is 2. The van der Waals surface area contributed by atoms with E-state index in [9.17, 15) is 4.79 Å². The van der Waals surface area contributed by atoms with Crippen LogP contribution in [-0.2, 0) is 22.5 Å². The Hall–Kier alpha value is -3.95. The van der Waals surface area contributed by atoms with Gasteiger partial charge in [-0.3, -0.25) is 4.79 Å². The molecule has 1 N–H and O–H groups in total. The topological polar surface area (TPSA) is 84.2 Å². The third kappa shape index (κ3) is 5.90. The highest BCUT2D eigenvalue weighted by atomic mass is 16.5. The van der Waals surface area contributed by atoms with Gasteiger partial charge in [-0.15, -0.1) is 5.10 Å². The number of morpholine rings is 1. The Morgan fingerprint density at radius 2 is 1.78 bits per heavy atom. The monoisotopic (exact) mass is 500 g/mol. The molecule has 2 aromatic heterocycles. The Balaban J connectivity index is 1.36. The van der Waals surface area contributed by atoms with Gasteiger partial charge in [0.25, 0.3) is 0 Å². The molecule has 2 aromatic carbocycles. The maximum Gasteiger partial charge on any atom is 0.228 e. The summed E-state index contributed by atoms with van der Waals surface area (Å²) < 4.78 is 12.7. The number of nitrogens with zero attached hydrogens (tertiary/aromatic N) is 5. The van der Waals surface area contributed by atoms with Crippen LogP contribution in [0, 0.1) is 0 Å². The van der Waals surface area contributed by atoms with Crippen molar-refractivity contribution in [1.82, 2.24) is 19.5 Å². The summed E-state index contributed by atoms with van der Waals surface area (Å²) in [7, 11) is 5.73. The van der Waals surface area contributed by atoms with Crippen LogP contribution >= 0.6 is 0 Å². The molecule has 1 amide bonds. The minimum absolute atomic E-state index is 0.0778. The molecule has 192 valence electrons. The molecule has 0 bridgehead atoms. The van der Waals surface area contributed by atoms with Crippen LogP contribution in [0.25, 0.3) is 16.9 Å². The standard InChI is InChI=1S/C28H32N6O3/c1-32(2)18-21-16-25-28(33-12-14-37-15-13-33)30-27(31-34(25)19-21)22-6-8-23(9-7-22)29-26(35)17-20-4-10-24(36-3)11-5-20/h4-11,16,19H,12-15,17-18H2,1-3H3,(H,29,35). The molecule has 0 atom stereocenters. The van der Waals surface area contributed by atoms with Gasteiger partial charge in [0.2, 0.25) is 5.91 Å². The first-order valence-electron chi connectivity index (χ1n) is 12.4. The third-order valence-electron chi connectivity index (χ3n) is 6.26. The van der Waals surface area contributed by atoms with Gasteiger partial charge in [-0.2, -0.15) is 0 Å². The summed E-state index contributed by atoms with van der Waals surface area (Å²) in [5, 5.41) is 7.79. The molecule has 5 rings (SSSR count). The second-order valence-corrected chi connectivity index (χ2v) is 9.42. The van der Waals surface area contributed by atoms with Gasteiger partial charge in [-0.25, -0.2) is 9.50 Å². The number of nitrogens with one attached hydrogen (secondary N) is 1. The van der Waals surface area contributed by atoms with E-state index in [1.165, 1.54) is 5.56 Å². The number of benzene rings is 2. The molecule has 0 saturated carbocycles. The predicted octanol–water partition coefficient (Wildman–Crippen LogP) is 3.48. The van der Waals surface area contributed by atoms with E-state index in [2.05, 4.69) is 41.5 Å². The fourth-order valence-electron chi connectivity index (χ4n) is 4.46. The molecule has 0 unspecified atom stereocenters. The van der Waals surface area contributed by atoms with Crippen molar-refractivity contribution in [2.24, 2.45) is 0 Å². The van der Waals surface area contributed by atoms with Gasteiger partial charge in [-0.05, 0) is 67.7 Å². The quantitative estimate of drug-likeness (QED) is 0.397. The molecule has 9 nitrogen and oxygen atoms in total. The average molecular weight is 501 g/mol. The molecule has 1 aliphatic heterocycles. The SMILES string of the molecule is COc1ccc(CC(=O)Nc2ccc(-c3nc(N4CCOCC4)c4cc(CN(C)C)cn4n3)cc2)cc1. The minimum Gasteiger partial charge on any atom is -0.497 e. The summed E-state index contributed by atoms with van der Waals surface area (Å²) in [5.41, 5.74) is 4.71. The summed E-state index contributed by atoms with van der Waals surface area (Å²) in [6.45, 7) is 3.77. The zero-order valence-corrected chi connectivity index (χ0v) is 21.5. The summed E-state index contributed by atoms with van der Waals surface area (Å²) in [4.78, 5) is 21.9. The van der Waals surface area contributed by atoms with E-state index in [1.54, 1.807) is 7.11 Å². The number of amides is 1. The van der Waals surface area contributed by atoms with Gasteiger partial charge in [-0.1, -0.05) is 12.1 Å². The predicted molar refractivity (Wildman–Crippen MR) is 144 cm³/mol.